The van der Waals surface area contributed by atoms with Crippen molar-refractivity contribution in [1.82, 2.24) is 5.32 Å². The monoisotopic (exact) mass is 305 g/mol. The number of thiophene rings is 1. The molecule has 0 aliphatic heterocycles. The fraction of sp³-hybridized carbons (Fsp3) is 0.214. The average molecular weight is 305 g/mol. The van der Waals surface area contributed by atoms with Crippen LogP contribution in [0.3, 0.4) is 0 Å². The minimum absolute atomic E-state index is 0.0668. The van der Waals surface area contributed by atoms with Gasteiger partial charge >= 0.3 is 5.69 Å². The van der Waals surface area contributed by atoms with Crippen LogP contribution in [-0.2, 0) is 6.42 Å². The zero-order chi connectivity index (χ0) is 15.2. The summed E-state index contributed by atoms with van der Waals surface area (Å²) in [7, 11) is 1.58. The molecular weight excluding hydrogens is 290 g/mol. The molecule has 0 aliphatic rings. The predicted octanol–water partition coefficient (Wildman–Crippen LogP) is 2.67. The Kier molecular flexibility index (Phi) is 4.89. The number of hydrogen-bond donors (Lipinski definition) is 2. The maximum atomic E-state index is 12.1. The Labute approximate surface area is 126 Å². The summed E-state index contributed by atoms with van der Waals surface area (Å²) in [5.74, 6) is -0.436. The van der Waals surface area contributed by atoms with Gasteiger partial charge in [-0.2, -0.15) is 11.3 Å². The first-order valence-electron chi connectivity index (χ1n) is 6.38. The number of nitro groups is 1. The van der Waals surface area contributed by atoms with E-state index in [0.29, 0.717) is 18.7 Å². The molecule has 7 heteroatoms. The van der Waals surface area contributed by atoms with Crippen LogP contribution in [0.2, 0.25) is 0 Å². The van der Waals surface area contributed by atoms with Crippen molar-refractivity contribution >= 4 is 28.6 Å². The van der Waals surface area contributed by atoms with Crippen LogP contribution in [0.15, 0.2) is 35.0 Å². The van der Waals surface area contributed by atoms with Crippen LogP contribution in [0.25, 0.3) is 0 Å². The highest BCUT2D eigenvalue weighted by atomic mass is 32.1. The van der Waals surface area contributed by atoms with Crippen molar-refractivity contribution in [2.75, 3.05) is 18.9 Å². The number of anilines is 1. The van der Waals surface area contributed by atoms with E-state index in [-0.39, 0.29) is 11.3 Å². The van der Waals surface area contributed by atoms with Gasteiger partial charge < -0.3 is 10.6 Å². The van der Waals surface area contributed by atoms with E-state index in [2.05, 4.69) is 10.6 Å². The number of para-hydroxylation sites is 1. The molecule has 2 rings (SSSR count). The third-order valence-corrected chi connectivity index (χ3v) is 3.74. The summed E-state index contributed by atoms with van der Waals surface area (Å²) in [4.78, 5) is 22.7. The summed E-state index contributed by atoms with van der Waals surface area (Å²) in [6.07, 6.45) is 0.703. The molecule has 0 atom stereocenters. The first-order valence-corrected chi connectivity index (χ1v) is 7.32. The molecule has 21 heavy (non-hydrogen) atoms. The fourth-order valence-electron chi connectivity index (χ4n) is 1.98. The molecule has 0 radical (unpaired) electrons. The largest absolute Gasteiger partial charge is 0.383 e. The number of benzene rings is 1. The van der Waals surface area contributed by atoms with E-state index in [9.17, 15) is 14.9 Å². The Morgan fingerprint density at radius 3 is 2.81 bits per heavy atom. The van der Waals surface area contributed by atoms with Crippen LogP contribution < -0.4 is 10.6 Å². The number of carbonyl (C=O) groups excluding carboxylic acids is 1. The molecule has 0 saturated carbocycles. The molecule has 2 N–H and O–H groups in total. The second kappa shape index (κ2) is 6.85. The second-order valence-corrected chi connectivity index (χ2v) is 5.13. The Morgan fingerprint density at radius 1 is 1.38 bits per heavy atom. The predicted molar refractivity (Wildman–Crippen MR) is 83.0 cm³/mol. The van der Waals surface area contributed by atoms with Crippen molar-refractivity contribution in [2.45, 2.75) is 6.42 Å². The van der Waals surface area contributed by atoms with E-state index in [0.717, 1.165) is 5.56 Å². The summed E-state index contributed by atoms with van der Waals surface area (Å²) in [6.45, 7) is 0.441. The molecular formula is C14H15N3O3S. The van der Waals surface area contributed by atoms with Gasteiger partial charge in [-0.1, -0.05) is 6.07 Å². The maximum Gasteiger partial charge on any atom is 0.305 e. The molecule has 2 aromatic rings. The third kappa shape index (κ3) is 3.57. The lowest BCUT2D eigenvalue weighted by molar-refractivity contribution is -0.384. The summed E-state index contributed by atoms with van der Waals surface area (Å²) >= 11 is 1.60. The van der Waals surface area contributed by atoms with Crippen LogP contribution in [0, 0.1) is 10.1 Å². The average Bonchev–Trinajstić information content (AvgIpc) is 2.99. The van der Waals surface area contributed by atoms with Crippen molar-refractivity contribution in [3.8, 4) is 0 Å². The van der Waals surface area contributed by atoms with Crippen LogP contribution in [-0.4, -0.2) is 24.4 Å². The molecule has 1 heterocycles. The van der Waals surface area contributed by atoms with Crippen LogP contribution in [0.4, 0.5) is 11.4 Å². The van der Waals surface area contributed by atoms with E-state index in [1.54, 1.807) is 30.5 Å². The molecule has 1 aromatic heterocycles. The Morgan fingerprint density at radius 2 is 2.19 bits per heavy atom. The maximum absolute atomic E-state index is 12.1. The molecule has 0 saturated heterocycles. The highest BCUT2D eigenvalue weighted by Crippen LogP contribution is 2.28. The van der Waals surface area contributed by atoms with E-state index < -0.39 is 10.8 Å². The lowest BCUT2D eigenvalue weighted by Crippen LogP contribution is -2.26. The van der Waals surface area contributed by atoms with Crippen molar-refractivity contribution < 1.29 is 9.72 Å². The number of carbonyl (C=O) groups is 1. The number of nitrogens with zero attached hydrogens (tertiary/aromatic N) is 1. The van der Waals surface area contributed by atoms with Gasteiger partial charge in [0.15, 0.2) is 0 Å². The highest BCUT2D eigenvalue weighted by Gasteiger charge is 2.23. The smallest absolute Gasteiger partial charge is 0.305 e. The molecule has 0 spiro atoms. The second-order valence-electron chi connectivity index (χ2n) is 4.35. The quantitative estimate of drug-likeness (QED) is 0.635. The minimum Gasteiger partial charge on any atom is -0.383 e. The Bertz CT molecular complexity index is 641. The van der Waals surface area contributed by atoms with Crippen molar-refractivity contribution in [3.05, 3.63) is 56.3 Å². The molecule has 0 bridgehead atoms. The van der Waals surface area contributed by atoms with Gasteiger partial charge in [0.1, 0.15) is 11.3 Å². The number of amides is 1. The fourth-order valence-corrected chi connectivity index (χ4v) is 2.68. The summed E-state index contributed by atoms with van der Waals surface area (Å²) < 4.78 is 0. The van der Waals surface area contributed by atoms with Gasteiger partial charge in [-0.25, -0.2) is 0 Å². The van der Waals surface area contributed by atoms with Crippen molar-refractivity contribution in [1.29, 1.82) is 0 Å². The summed E-state index contributed by atoms with van der Waals surface area (Å²) in [5.41, 5.74) is 1.33. The van der Waals surface area contributed by atoms with Gasteiger partial charge in [0.2, 0.25) is 0 Å². The lowest BCUT2D eigenvalue weighted by atomic mass is 10.1. The number of nitro benzene ring substituents is 1. The standard InChI is InChI=1S/C14H15N3O3S/c1-15-12-4-2-3-11(13(12)17(19)20)14(18)16-7-5-10-6-8-21-9-10/h2-4,6,8-9,15H,5,7H2,1H3,(H,16,18). The third-order valence-electron chi connectivity index (χ3n) is 3.01. The van der Waals surface area contributed by atoms with E-state index in [4.69, 9.17) is 0 Å². The summed E-state index contributed by atoms with van der Waals surface area (Å²) in [5, 5.41) is 20.6. The normalized spacial score (nSPS) is 10.1. The van der Waals surface area contributed by atoms with E-state index in [1.807, 2.05) is 16.8 Å². The molecule has 6 nitrogen and oxygen atoms in total. The Hall–Kier alpha value is -2.41. The van der Waals surface area contributed by atoms with Gasteiger partial charge in [0.25, 0.3) is 5.91 Å². The SMILES string of the molecule is CNc1cccc(C(=O)NCCc2ccsc2)c1[N+](=O)[O-]. The van der Waals surface area contributed by atoms with E-state index >= 15 is 0 Å². The van der Waals surface area contributed by atoms with Gasteiger partial charge in [-0.15, -0.1) is 0 Å². The zero-order valence-electron chi connectivity index (χ0n) is 11.5. The molecule has 0 aliphatic carbocycles. The van der Waals surface area contributed by atoms with Crippen molar-refractivity contribution in [3.63, 3.8) is 0 Å². The summed E-state index contributed by atoms with van der Waals surface area (Å²) in [6, 6.07) is 6.63. The van der Waals surface area contributed by atoms with Gasteiger partial charge in [-0.05, 0) is 40.9 Å². The van der Waals surface area contributed by atoms with Crippen LogP contribution in [0.1, 0.15) is 15.9 Å². The zero-order valence-corrected chi connectivity index (χ0v) is 12.3. The minimum atomic E-state index is -0.542. The van der Waals surface area contributed by atoms with E-state index in [1.165, 1.54) is 6.07 Å². The van der Waals surface area contributed by atoms with Gasteiger partial charge in [0, 0.05) is 13.6 Å². The molecule has 0 unspecified atom stereocenters. The van der Waals surface area contributed by atoms with Gasteiger partial charge in [-0.3, -0.25) is 14.9 Å². The first-order chi connectivity index (χ1) is 10.1. The van der Waals surface area contributed by atoms with Crippen molar-refractivity contribution in [2.24, 2.45) is 0 Å². The Balaban J connectivity index is 2.10. The number of rotatable bonds is 6. The molecule has 1 amide bonds. The first kappa shape index (κ1) is 15.0. The van der Waals surface area contributed by atoms with Crippen LogP contribution >= 0.6 is 11.3 Å². The number of hydrogen-bond acceptors (Lipinski definition) is 5. The topological polar surface area (TPSA) is 84.3 Å². The molecule has 1 aromatic carbocycles. The number of nitrogens with one attached hydrogen (secondary N) is 2. The lowest BCUT2D eigenvalue weighted by Gasteiger charge is -2.08. The highest BCUT2D eigenvalue weighted by molar-refractivity contribution is 7.07. The molecule has 0 fully saturated rings. The van der Waals surface area contributed by atoms with Crippen LogP contribution in [0.5, 0.6) is 0 Å². The van der Waals surface area contributed by atoms with Gasteiger partial charge in [0.05, 0.1) is 4.92 Å². The molecule has 110 valence electrons.